The molecule has 1 aromatic carbocycles. The van der Waals surface area contributed by atoms with Crippen LogP contribution in [0.5, 0.6) is 5.75 Å². The van der Waals surface area contributed by atoms with Gasteiger partial charge in [-0.1, -0.05) is 6.07 Å². The molecule has 0 amide bonds. The molecule has 5 heteroatoms. The van der Waals surface area contributed by atoms with Gasteiger partial charge in [0.15, 0.2) is 6.29 Å². The van der Waals surface area contributed by atoms with Crippen molar-refractivity contribution in [3.63, 3.8) is 0 Å². The maximum atomic E-state index is 10.8. The first-order chi connectivity index (χ1) is 9.73. The average Bonchev–Trinajstić information content (AvgIpc) is 3.01. The largest absolute Gasteiger partial charge is 0.496 e. The Labute approximate surface area is 118 Å². The van der Waals surface area contributed by atoms with Crippen molar-refractivity contribution in [3.05, 3.63) is 29.3 Å². The molecule has 0 atom stereocenters. The molecule has 3 rings (SSSR count). The Morgan fingerprint density at radius 2 is 1.85 bits per heavy atom. The molecule has 0 spiro atoms. The van der Waals surface area contributed by atoms with E-state index in [9.17, 15) is 5.11 Å². The molecule has 1 N–H and O–H groups in total. The van der Waals surface area contributed by atoms with Crippen LogP contribution in [0.3, 0.4) is 0 Å². The molecule has 0 radical (unpaired) electrons. The third-order valence-electron chi connectivity index (χ3n) is 3.96. The standard InChI is InChI=1S/C15H20O5/c1-17-13-3-2-11(15(16)4-6-18-7-5-15)10-12(13)14-19-8-9-20-14/h2-3,10,14,16H,4-9H2,1H3. The van der Waals surface area contributed by atoms with Crippen LogP contribution in [0.15, 0.2) is 18.2 Å². The molecule has 2 heterocycles. The maximum absolute atomic E-state index is 10.8. The molecule has 2 fully saturated rings. The molecule has 2 aliphatic heterocycles. The van der Waals surface area contributed by atoms with Crippen molar-refractivity contribution in [2.75, 3.05) is 33.5 Å². The lowest BCUT2D eigenvalue weighted by Gasteiger charge is -2.33. The minimum Gasteiger partial charge on any atom is -0.496 e. The zero-order valence-electron chi connectivity index (χ0n) is 11.6. The Balaban J connectivity index is 1.94. The maximum Gasteiger partial charge on any atom is 0.187 e. The minimum atomic E-state index is -0.835. The fourth-order valence-corrected chi connectivity index (χ4v) is 2.74. The molecule has 0 aromatic heterocycles. The van der Waals surface area contributed by atoms with Crippen LogP contribution in [0.4, 0.5) is 0 Å². The number of methoxy groups -OCH3 is 1. The van der Waals surface area contributed by atoms with Crippen molar-refractivity contribution in [1.29, 1.82) is 0 Å². The van der Waals surface area contributed by atoms with Gasteiger partial charge in [-0.2, -0.15) is 0 Å². The van der Waals surface area contributed by atoms with Crippen molar-refractivity contribution < 1.29 is 24.1 Å². The third kappa shape index (κ3) is 2.54. The van der Waals surface area contributed by atoms with Crippen LogP contribution in [-0.2, 0) is 19.8 Å². The molecular formula is C15H20O5. The summed E-state index contributed by atoms with van der Waals surface area (Å²) in [5, 5.41) is 10.8. The molecule has 2 saturated heterocycles. The molecule has 0 saturated carbocycles. The van der Waals surface area contributed by atoms with Gasteiger partial charge in [0, 0.05) is 26.1 Å². The lowest BCUT2D eigenvalue weighted by molar-refractivity contribution is -0.0688. The molecule has 2 aliphatic rings. The van der Waals surface area contributed by atoms with E-state index >= 15 is 0 Å². The minimum absolute atomic E-state index is 0.409. The van der Waals surface area contributed by atoms with Gasteiger partial charge in [0.2, 0.25) is 0 Å². The summed E-state index contributed by atoms with van der Waals surface area (Å²) in [6.45, 7) is 2.31. The van der Waals surface area contributed by atoms with Crippen LogP contribution in [0.2, 0.25) is 0 Å². The van der Waals surface area contributed by atoms with E-state index in [0.717, 1.165) is 16.9 Å². The van der Waals surface area contributed by atoms with Gasteiger partial charge in [-0.05, 0) is 17.7 Å². The average molecular weight is 280 g/mol. The summed E-state index contributed by atoms with van der Waals surface area (Å²) in [6.07, 6.45) is 0.796. The topological polar surface area (TPSA) is 57.2 Å². The lowest BCUT2D eigenvalue weighted by Crippen LogP contribution is -2.33. The van der Waals surface area contributed by atoms with Crippen LogP contribution in [0, 0.1) is 0 Å². The van der Waals surface area contributed by atoms with Gasteiger partial charge in [0.05, 0.1) is 31.5 Å². The molecule has 0 aliphatic carbocycles. The summed E-state index contributed by atoms with van der Waals surface area (Å²) in [7, 11) is 1.62. The molecule has 110 valence electrons. The highest BCUT2D eigenvalue weighted by molar-refractivity contribution is 5.40. The van der Waals surface area contributed by atoms with E-state index in [0.29, 0.717) is 39.3 Å². The second-order valence-corrected chi connectivity index (χ2v) is 5.17. The van der Waals surface area contributed by atoms with Crippen molar-refractivity contribution >= 4 is 0 Å². The zero-order valence-corrected chi connectivity index (χ0v) is 11.6. The number of aliphatic hydroxyl groups is 1. The van der Waals surface area contributed by atoms with E-state index in [1.165, 1.54) is 0 Å². The van der Waals surface area contributed by atoms with Crippen molar-refractivity contribution in [2.24, 2.45) is 0 Å². The third-order valence-corrected chi connectivity index (χ3v) is 3.96. The van der Waals surface area contributed by atoms with Crippen LogP contribution >= 0.6 is 0 Å². The number of rotatable bonds is 3. The van der Waals surface area contributed by atoms with Crippen LogP contribution in [0.1, 0.15) is 30.3 Å². The Hall–Kier alpha value is -1.14. The first kappa shape index (κ1) is 13.8. The summed E-state index contributed by atoms with van der Waals surface area (Å²) in [5.41, 5.74) is 0.871. The molecular weight excluding hydrogens is 260 g/mol. The quantitative estimate of drug-likeness (QED) is 0.914. The van der Waals surface area contributed by atoms with Crippen molar-refractivity contribution in [3.8, 4) is 5.75 Å². The Bertz CT molecular complexity index is 461. The van der Waals surface area contributed by atoms with Crippen LogP contribution in [-0.4, -0.2) is 38.6 Å². The van der Waals surface area contributed by atoms with Crippen LogP contribution in [0.25, 0.3) is 0 Å². The highest BCUT2D eigenvalue weighted by Gasteiger charge is 2.33. The Morgan fingerprint density at radius 3 is 2.50 bits per heavy atom. The second-order valence-electron chi connectivity index (χ2n) is 5.17. The van der Waals surface area contributed by atoms with Gasteiger partial charge in [0.1, 0.15) is 5.75 Å². The van der Waals surface area contributed by atoms with E-state index in [1.54, 1.807) is 7.11 Å². The number of hydrogen-bond acceptors (Lipinski definition) is 5. The summed E-state index contributed by atoms with van der Waals surface area (Å²) in [4.78, 5) is 0. The molecule has 1 aromatic rings. The fraction of sp³-hybridized carbons (Fsp3) is 0.600. The van der Waals surface area contributed by atoms with Gasteiger partial charge in [-0.25, -0.2) is 0 Å². The highest BCUT2D eigenvalue weighted by atomic mass is 16.7. The second kappa shape index (κ2) is 5.69. The highest BCUT2D eigenvalue weighted by Crippen LogP contribution is 2.38. The van der Waals surface area contributed by atoms with E-state index in [2.05, 4.69) is 0 Å². The van der Waals surface area contributed by atoms with Crippen molar-refractivity contribution in [2.45, 2.75) is 24.7 Å². The summed E-state index contributed by atoms with van der Waals surface area (Å²) < 4.78 is 21.8. The van der Waals surface area contributed by atoms with Crippen LogP contribution < -0.4 is 4.74 Å². The summed E-state index contributed by atoms with van der Waals surface area (Å²) in [6, 6.07) is 5.70. The van der Waals surface area contributed by atoms with Gasteiger partial charge in [0.25, 0.3) is 0 Å². The number of hydrogen-bond donors (Lipinski definition) is 1. The molecule has 0 bridgehead atoms. The van der Waals surface area contributed by atoms with E-state index in [1.807, 2.05) is 18.2 Å². The molecule has 20 heavy (non-hydrogen) atoms. The predicted molar refractivity (Wildman–Crippen MR) is 71.6 cm³/mol. The molecule has 0 unspecified atom stereocenters. The van der Waals surface area contributed by atoms with Gasteiger partial charge >= 0.3 is 0 Å². The van der Waals surface area contributed by atoms with E-state index in [-0.39, 0.29) is 0 Å². The normalized spacial score (nSPS) is 22.9. The van der Waals surface area contributed by atoms with E-state index in [4.69, 9.17) is 18.9 Å². The zero-order chi connectivity index (χ0) is 14.0. The first-order valence-electron chi connectivity index (χ1n) is 6.95. The fourth-order valence-electron chi connectivity index (χ4n) is 2.74. The van der Waals surface area contributed by atoms with Gasteiger partial charge in [-0.3, -0.25) is 0 Å². The van der Waals surface area contributed by atoms with E-state index < -0.39 is 11.9 Å². The predicted octanol–water partition coefficient (Wildman–Crippen LogP) is 1.74. The number of ether oxygens (including phenoxy) is 4. The Morgan fingerprint density at radius 1 is 1.15 bits per heavy atom. The SMILES string of the molecule is COc1ccc(C2(O)CCOCC2)cc1C1OCCO1. The smallest absolute Gasteiger partial charge is 0.187 e. The number of benzene rings is 1. The first-order valence-corrected chi connectivity index (χ1v) is 6.95. The summed E-state index contributed by atoms with van der Waals surface area (Å²) in [5.74, 6) is 0.719. The van der Waals surface area contributed by atoms with Gasteiger partial charge < -0.3 is 24.1 Å². The monoisotopic (exact) mass is 280 g/mol. The van der Waals surface area contributed by atoms with Crippen molar-refractivity contribution in [1.82, 2.24) is 0 Å². The summed E-state index contributed by atoms with van der Waals surface area (Å²) >= 11 is 0. The molecule has 5 nitrogen and oxygen atoms in total. The van der Waals surface area contributed by atoms with Gasteiger partial charge in [-0.15, -0.1) is 0 Å². The Kier molecular flexibility index (Phi) is 3.94. The lowest BCUT2D eigenvalue weighted by atomic mass is 9.85.